The fourth-order valence-electron chi connectivity index (χ4n) is 1.01. The van der Waals surface area contributed by atoms with Crippen LogP contribution in [0.15, 0.2) is 4.99 Å². The van der Waals surface area contributed by atoms with Gasteiger partial charge in [0.1, 0.15) is 0 Å². The second-order valence-corrected chi connectivity index (χ2v) is 4.09. The molecule has 0 radical (unpaired) electrons. The third-order valence-electron chi connectivity index (χ3n) is 2.42. The van der Waals surface area contributed by atoms with Crippen LogP contribution in [0.5, 0.6) is 0 Å². The van der Waals surface area contributed by atoms with Crippen LogP contribution in [-0.4, -0.2) is 43.5 Å². The minimum Gasteiger partial charge on any atom is -0.374 e. The first-order valence-corrected chi connectivity index (χ1v) is 5.52. The molecule has 0 saturated carbocycles. The molecule has 0 spiro atoms. The van der Waals surface area contributed by atoms with Gasteiger partial charge in [0.2, 0.25) is 0 Å². The van der Waals surface area contributed by atoms with Gasteiger partial charge in [-0.3, -0.25) is 4.99 Å². The van der Waals surface area contributed by atoms with Crippen molar-refractivity contribution in [3.05, 3.63) is 0 Å². The van der Waals surface area contributed by atoms with Gasteiger partial charge in [-0.1, -0.05) is 6.92 Å². The van der Waals surface area contributed by atoms with Crippen LogP contribution in [0.25, 0.3) is 0 Å². The molecule has 0 rings (SSSR count). The van der Waals surface area contributed by atoms with Crippen molar-refractivity contribution >= 4 is 6.34 Å². The summed E-state index contributed by atoms with van der Waals surface area (Å²) in [6.45, 7) is 10.6. The number of rotatable bonds is 7. The Balaban J connectivity index is 3.48. The highest BCUT2D eigenvalue weighted by atomic mass is 15.1. The highest BCUT2D eigenvalue weighted by molar-refractivity contribution is 5.54. The van der Waals surface area contributed by atoms with E-state index in [9.17, 15) is 0 Å². The van der Waals surface area contributed by atoms with Crippen LogP contribution >= 0.6 is 0 Å². The zero-order chi connectivity index (χ0) is 11.0. The van der Waals surface area contributed by atoms with Crippen LogP contribution in [0.4, 0.5) is 0 Å². The zero-order valence-electron chi connectivity index (χ0n) is 10.2. The standard InChI is InChI=1S/C11H25N3/c1-6-11(4)14(5)8-7-12-9-13-10(2)3/h9-11H,6-8H2,1-5H3,(H,12,13). The van der Waals surface area contributed by atoms with Gasteiger partial charge in [0.05, 0.1) is 12.9 Å². The molecule has 84 valence electrons. The second-order valence-electron chi connectivity index (χ2n) is 4.09. The summed E-state index contributed by atoms with van der Waals surface area (Å²) in [6, 6.07) is 1.13. The van der Waals surface area contributed by atoms with E-state index in [-0.39, 0.29) is 0 Å². The molecular formula is C11H25N3. The third kappa shape index (κ3) is 6.89. The van der Waals surface area contributed by atoms with Gasteiger partial charge in [-0.15, -0.1) is 0 Å². The maximum atomic E-state index is 4.29. The highest BCUT2D eigenvalue weighted by Crippen LogP contribution is 1.98. The largest absolute Gasteiger partial charge is 0.374 e. The van der Waals surface area contributed by atoms with Crippen molar-refractivity contribution in [3.8, 4) is 0 Å². The van der Waals surface area contributed by atoms with Gasteiger partial charge < -0.3 is 10.2 Å². The number of nitrogens with one attached hydrogen (secondary N) is 1. The first kappa shape index (κ1) is 13.4. The summed E-state index contributed by atoms with van der Waals surface area (Å²) >= 11 is 0. The van der Waals surface area contributed by atoms with Crippen molar-refractivity contribution in [2.45, 2.75) is 46.2 Å². The Bertz CT molecular complexity index is 155. The van der Waals surface area contributed by atoms with Crippen LogP contribution in [0.2, 0.25) is 0 Å². The van der Waals surface area contributed by atoms with Gasteiger partial charge in [-0.2, -0.15) is 0 Å². The molecule has 0 bridgehead atoms. The van der Waals surface area contributed by atoms with Gasteiger partial charge >= 0.3 is 0 Å². The molecular weight excluding hydrogens is 174 g/mol. The molecule has 1 atom stereocenters. The Morgan fingerprint density at radius 2 is 2.00 bits per heavy atom. The van der Waals surface area contributed by atoms with Crippen molar-refractivity contribution in [2.24, 2.45) is 4.99 Å². The van der Waals surface area contributed by atoms with E-state index in [0.717, 1.165) is 13.1 Å². The topological polar surface area (TPSA) is 27.6 Å². The molecule has 14 heavy (non-hydrogen) atoms. The van der Waals surface area contributed by atoms with Gasteiger partial charge in [-0.25, -0.2) is 0 Å². The highest BCUT2D eigenvalue weighted by Gasteiger charge is 2.04. The summed E-state index contributed by atoms with van der Waals surface area (Å²) in [6.07, 6.45) is 3.01. The van der Waals surface area contributed by atoms with E-state index in [0.29, 0.717) is 12.1 Å². The normalized spacial score (nSPS) is 14.2. The zero-order valence-corrected chi connectivity index (χ0v) is 10.2. The third-order valence-corrected chi connectivity index (χ3v) is 2.42. The molecule has 0 fully saturated rings. The lowest BCUT2D eigenvalue weighted by atomic mass is 10.2. The molecule has 0 aromatic carbocycles. The van der Waals surface area contributed by atoms with E-state index in [1.165, 1.54) is 6.42 Å². The van der Waals surface area contributed by atoms with Crippen molar-refractivity contribution in [3.63, 3.8) is 0 Å². The van der Waals surface area contributed by atoms with Crippen molar-refractivity contribution in [2.75, 3.05) is 20.1 Å². The Morgan fingerprint density at radius 3 is 2.50 bits per heavy atom. The predicted molar refractivity (Wildman–Crippen MR) is 64.0 cm³/mol. The molecule has 1 unspecified atom stereocenters. The summed E-state index contributed by atoms with van der Waals surface area (Å²) in [5, 5.41) is 3.15. The first-order valence-electron chi connectivity index (χ1n) is 5.52. The SMILES string of the molecule is CCC(C)N(C)CCN=CNC(C)C. The van der Waals surface area contributed by atoms with Crippen LogP contribution in [-0.2, 0) is 0 Å². The summed E-state index contributed by atoms with van der Waals surface area (Å²) in [5.41, 5.74) is 0. The van der Waals surface area contributed by atoms with Crippen LogP contribution < -0.4 is 5.32 Å². The summed E-state index contributed by atoms with van der Waals surface area (Å²) in [5.74, 6) is 0. The molecule has 1 N–H and O–H groups in total. The number of hydrogen-bond acceptors (Lipinski definition) is 2. The molecule has 0 amide bonds. The molecule has 0 heterocycles. The smallest absolute Gasteiger partial charge is 0.0826 e. The second kappa shape index (κ2) is 7.80. The summed E-state index contributed by atoms with van der Waals surface area (Å²) in [7, 11) is 2.15. The molecule has 0 aliphatic carbocycles. The number of hydrogen-bond donors (Lipinski definition) is 1. The van der Waals surface area contributed by atoms with E-state index >= 15 is 0 Å². The van der Waals surface area contributed by atoms with E-state index in [1.807, 2.05) is 6.34 Å². The Hall–Kier alpha value is -0.570. The maximum absolute atomic E-state index is 4.29. The lowest BCUT2D eigenvalue weighted by molar-refractivity contribution is 0.259. The molecule has 3 nitrogen and oxygen atoms in total. The average Bonchev–Trinajstić information content (AvgIpc) is 2.15. The molecule has 0 aromatic heterocycles. The Labute approximate surface area is 88.6 Å². The maximum Gasteiger partial charge on any atom is 0.0826 e. The van der Waals surface area contributed by atoms with Crippen molar-refractivity contribution in [1.29, 1.82) is 0 Å². The van der Waals surface area contributed by atoms with Crippen molar-refractivity contribution in [1.82, 2.24) is 10.2 Å². The quantitative estimate of drug-likeness (QED) is 0.499. The fraction of sp³-hybridized carbons (Fsp3) is 0.909. The minimum atomic E-state index is 0.478. The van der Waals surface area contributed by atoms with Gasteiger partial charge in [-0.05, 0) is 34.2 Å². The lowest BCUT2D eigenvalue weighted by Crippen LogP contribution is -2.31. The van der Waals surface area contributed by atoms with Crippen LogP contribution in [0.1, 0.15) is 34.1 Å². The fourth-order valence-corrected chi connectivity index (χ4v) is 1.01. The van der Waals surface area contributed by atoms with Gasteiger partial charge in [0.25, 0.3) is 0 Å². The number of nitrogens with zero attached hydrogens (tertiary/aromatic N) is 2. The molecule has 0 aromatic rings. The number of aliphatic imine (C=N–C) groups is 1. The summed E-state index contributed by atoms with van der Waals surface area (Å²) in [4.78, 5) is 6.63. The molecule has 0 aliphatic rings. The summed E-state index contributed by atoms with van der Waals surface area (Å²) < 4.78 is 0. The predicted octanol–water partition coefficient (Wildman–Crippen LogP) is 1.74. The number of likely N-dealkylation sites (N-methyl/N-ethyl adjacent to an activating group) is 1. The molecule has 0 aliphatic heterocycles. The van der Waals surface area contributed by atoms with E-state index in [2.05, 4.69) is 50.0 Å². The monoisotopic (exact) mass is 199 g/mol. The van der Waals surface area contributed by atoms with E-state index in [4.69, 9.17) is 0 Å². The van der Waals surface area contributed by atoms with Crippen LogP contribution in [0, 0.1) is 0 Å². The van der Waals surface area contributed by atoms with Crippen molar-refractivity contribution < 1.29 is 0 Å². The molecule has 3 heteroatoms. The van der Waals surface area contributed by atoms with Crippen LogP contribution in [0.3, 0.4) is 0 Å². The van der Waals surface area contributed by atoms with Gasteiger partial charge in [0.15, 0.2) is 0 Å². The molecule has 0 saturated heterocycles. The Morgan fingerprint density at radius 1 is 1.36 bits per heavy atom. The lowest BCUT2D eigenvalue weighted by Gasteiger charge is -2.22. The minimum absolute atomic E-state index is 0.478. The van der Waals surface area contributed by atoms with E-state index in [1.54, 1.807) is 0 Å². The Kier molecular flexibility index (Phi) is 7.48. The average molecular weight is 199 g/mol. The van der Waals surface area contributed by atoms with E-state index < -0.39 is 0 Å². The first-order chi connectivity index (χ1) is 6.57. The van der Waals surface area contributed by atoms with Gasteiger partial charge in [0, 0.05) is 18.6 Å².